The van der Waals surface area contributed by atoms with Crippen molar-refractivity contribution in [2.75, 3.05) is 4.72 Å². The molecule has 1 heterocycles. The molecule has 0 fully saturated rings. The molecule has 112 valence electrons. The van der Waals surface area contributed by atoms with E-state index in [0.717, 1.165) is 0 Å². The number of aryl methyl sites for hydroxylation is 2. The molecule has 0 bridgehead atoms. The van der Waals surface area contributed by atoms with Gasteiger partial charge in [0.15, 0.2) is 10.7 Å². The monoisotopic (exact) mass is 422 g/mol. The minimum atomic E-state index is -3.97. The predicted molar refractivity (Wildman–Crippen MR) is 82.9 cm³/mol. The van der Waals surface area contributed by atoms with Crippen molar-refractivity contribution in [1.29, 1.82) is 0 Å². The number of hydrogen-bond acceptors (Lipinski definition) is 5. The van der Waals surface area contributed by atoms with Crippen LogP contribution in [-0.4, -0.2) is 24.7 Å². The third kappa shape index (κ3) is 3.18. The first-order valence-corrected chi connectivity index (χ1v) is 8.27. The number of rotatable bonds is 4. The maximum atomic E-state index is 12.4. The summed E-state index contributed by atoms with van der Waals surface area (Å²) in [5, 5.41) is 12.7. The van der Waals surface area contributed by atoms with Crippen LogP contribution in [0.1, 0.15) is 21.8 Å². The smallest absolute Gasteiger partial charge is 0.337 e. The number of carboxylic acids is 1. The van der Waals surface area contributed by atoms with Crippen LogP contribution in [0.5, 0.6) is 0 Å². The van der Waals surface area contributed by atoms with Crippen LogP contribution in [0.3, 0.4) is 0 Å². The van der Waals surface area contributed by atoms with E-state index < -0.39 is 16.0 Å². The summed E-state index contributed by atoms with van der Waals surface area (Å²) < 4.78 is 32.5. The van der Waals surface area contributed by atoms with Gasteiger partial charge in [-0.2, -0.15) is 0 Å². The van der Waals surface area contributed by atoms with E-state index in [-0.39, 0.29) is 27.6 Å². The molecule has 1 aromatic carbocycles. The molecule has 0 aliphatic heterocycles. The number of carbonyl (C=O) groups is 1. The lowest BCUT2D eigenvalue weighted by Gasteiger charge is -2.10. The molecule has 0 spiro atoms. The summed E-state index contributed by atoms with van der Waals surface area (Å²) in [4.78, 5) is 11.1. The third-order valence-corrected chi connectivity index (χ3v) is 4.97. The number of halogens is 1. The van der Waals surface area contributed by atoms with Gasteiger partial charge in [-0.15, -0.1) is 0 Å². The Morgan fingerprint density at radius 2 is 2.05 bits per heavy atom. The average molecular weight is 422 g/mol. The molecule has 0 aliphatic carbocycles. The number of anilines is 1. The number of carboxylic acid groups (broad SMARTS) is 1. The quantitative estimate of drug-likeness (QED) is 0.733. The van der Waals surface area contributed by atoms with Gasteiger partial charge < -0.3 is 9.63 Å². The van der Waals surface area contributed by atoms with Gasteiger partial charge in [0.25, 0.3) is 10.0 Å². The fraction of sp³-hybridized carbons (Fsp3) is 0.167. The van der Waals surface area contributed by atoms with E-state index in [1.54, 1.807) is 6.07 Å². The minimum Gasteiger partial charge on any atom is -0.478 e. The molecule has 21 heavy (non-hydrogen) atoms. The van der Waals surface area contributed by atoms with Gasteiger partial charge in [0, 0.05) is 3.57 Å². The highest BCUT2D eigenvalue weighted by Gasteiger charge is 2.26. The second-order valence-electron chi connectivity index (χ2n) is 4.25. The van der Waals surface area contributed by atoms with Crippen LogP contribution in [0.4, 0.5) is 5.69 Å². The number of benzene rings is 1. The van der Waals surface area contributed by atoms with E-state index in [0.29, 0.717) is 3.57 Å². The Bertz CT molecular complexity index is 794. The largest absolute Gasteiger partial charge is 0.478 e. The van der Waals surface area contributed by atoms with Crippen LogP contribution in [0, 0.1) is 17.4 Å². The first-order chi connectivity index (χ1) is 9.72. The Labute approximate surface area is 134 Å². The Balaban J connectivity index is 2.50. The molecule has 0 unspecified atom stereocenters. The third-order valence-electron chi connectivity index (χ3n) is 2.69. The molecule has 0 saturated heterocycles. The SMILES string of the molecule is Cc1noc(C)c1S(=O)(=O)Nc1ccc(I)cc1C(=O)O. The van der Waals surface area contributed by atoms with Crippen LogP contribution in [0.2, 0.25) is 0 Å². The van der Waals surface area contributed by atoms with Crippen LogP contribution in [0.15, 0.2) is 27.6 Å². The molecule has 0 aliphatic rings. The number of nitrogens with one attached hydrogen (secondary N) is 1. The summed E-state index contributed by atoms with van der Waals surface area (Å²) in [6, 6.07) is 4.40. The number of nitrogens with zero attached hydrogens (tertiary/aromatic N) is 1. The Morgan fingerprint density at radius 3 is 2.57 bits per heavy atom. The van der Waals surface area contributed by atoms with Crippen molar-refractivity contribution in [3.05, 3.63) is 38.8 Å². The van der Waals surface area contributed by atoms with E-state index >= 15 is 0 Å². The van der Waals surface area contributed by atoms with E-state index in [9.17, 15) is 13.2 Å². The van der Waals surface area contributed by atoms with E-state index in [1.165, 1.54) is 26.0 Å². The van der Waals surface area contributed by atoms with Crippen molar-refractivity contribution in [2.45, 2.75) is 18.7 Å². The molecule has 0 atom stereocenters. The fourth-order valence-electron chi connectivity index (χ4n) is 1.84. The van der Waals surface area contributed by atoms with Crippen molar-refractivity contribution < 1.29 is 22.8 Å². The van der Waals surface area contributed by atoms with Crippen molar-refractivity contribution in [2.24, 2.45) is 0 Å². The molecule has 0 amide bonds. The second kappa shape index (κ2) is 5.64. The molecule has 2 rings (SSSR count). The molecular formula is C12H11IN2O5S. The summed E-state index contributed by atoms with van der Waals surface area (Å²) >= 11 is 1.95. The van der Waals surface area contributed by atoms with Gasteiger partial charge in [-0.1, -0.05) is 5.16 Å². The summed E-state index contributed by atoms with van der Waals surface area (Å²) in [7, 11) is -3.97. The van der Waals surface area contributed by atoms with Crippen molar-refractivity contribution in [3.8, 4) is 0 Å². The Hall–Kier alpha value is -1.62. The van der Waals surface area contributed by atoms with Gasteiger partial charge in [0.2, 0.25) is 0 Å². The number of aromatic carboxylic acids is 1. The second-order valence-corrected chi connectivity index (χ2v) is 7.12. The first-order valence-electron chi connectivity index (χ1n) is 5.71. The standard InChI is InChI=1S/C12H11IN2O5S/c1-6-11(7(2)20-14-6)21(18,19)15-10-4-3-8(13)5-9(10)12(16)17/h3-5,15H,1-2H3,(H,16,17). The maximum absolute atomic E-state index is 12.4. The number of hydrogen-bond donors (Lipinski definition) is 2. The zero-order valence-corrected chi connectivity index (χ0v) is 14.0. The van der Waals surface area contributed by atoms with Crippen molar-refractivity contribution in [1.82, 2.24) is 5.16 Å². The van der Waals surface area contributed by atoms with Crippen molar-refractivity contribution >= 4 is 44.3 Å². The Morgan fingerprint density at radius 1 is 1.38 bits per heavy atom. The zero-order chi connectivity index (χ0) is 15.8. The molecule has 0 saturated carbocycles. The molecular weight excluding hydrogens is 411 g/mol. The summed E-state index contributed by atoms with van der Waals surface area (Å²) in [6.07, 6.45) is 0. The van der Waals surface area contributed by atoms with Crippen LogP contribution in [-0.2, 0) is 10.0 Å². The highest BCUT2D eigenvalue weighted by Crippen LogP contribution is 2.25. The highest BCUT2D eigenvalue weighted by molar-refractivity contribution is 14.1. The van der Waals surface area contributed by atoms with Gasteiger partial charge in [0.1, 0.15) is 5.69 Å². The lowest BCUT2D eigenvalue weighted by Crippen LogP contribution is -2.17. The van der Waals surface area contributed by atoms with Gasteiger partial charge in [-0.3, -0.25) is 4.72 Å². The first kappa shape index (κ1) is 15.8. The maximum Gasteiger partial charge on any atom is 0.337 e. The number of sulfonamides is 1. The van der Waals surface area contributed by atoms with Crippen molar-refractivity contribution in [3.63, 3.8) is 0 Å². The molecule has 1 aromatic heterocycles. The molecule has 2 aromatic rings. The van der Waals surface area contributed by atoms with E-state index in [4.69, 9.17) is 9.63 Å². The van der Waals surface area contributed by atoms with Gasteiger partial charge in [-0.25, -0.2) is 13.2 Å². The summed E-state index contributed by atoms with van der Waals surface area (Å²) in [5.41, 5.74) is 0.0718. The minimum absolute atomic E-state index is 0.0112. The van der Waals surface area contributed by atoms with Gasteiger partial charge in [-0.05, 0) is 54.6 Å². The van der Waals surface area contributed by atoms with E-state index in [2.05, 4.69) is 9.88 Å². The Kier molecular flexibility index (Phi) is 4.23. The van der Waals surface area contributed by atoms with Gasteiger partial charge in [0.05, 0.1) is 11.3 Å². The predicted octanol–water partition coefficient (Wildman–Crippen LogP) is 2.40. The lowest BCUT2D eigenvalue weighted by atomic mass is 10.2. The molecule has 7 nitrogen and oxygen atoms in total. The van der Waals surface area contributed by atoms with Gasteiger partial charge >= 0.3 is 5.97 Å². The lowest BCUT2D eigenvalue weighted by molar-refractivity contribution is 0.0698. The summed E-state index contributed by atoms with van der Waals surface area (Å²) in [6.45, 7) is 2.97. The van der Waals surface area contributed by atoms with Crippen LogP contribution >= 0.6 is 22.6 Å². The van der Waals surface area contributed by atoms with Crippen LogP contribution in [0.25, 0.3) is 0 Å². The zero-order valence-electron chi connectivity index (χ0n) is 11.0. The molecule has 0 radical (unpaired) electrons. The summed E-state index contributed by atoms with van der Waals surface area (Å²) in [5.74, 6) is -1.08. The normalized spacial score (nSPS) is 11.4. The number of aromatic nitrogens is 1. The van der Waals surface area contributed by atoms with E-state index in [1.807, 2.05) is 22.6 Å². The van der Waals surface area contributed by atoms with Crippen LogP contribution < -0.4 is 4.72 Å². The molecule has 2 N–H and O–H groups in total. The fourth-order valence-corrected chi connectivity index (χ4v) is 3.74. The highest BCUT2D eigenvalue weighted by atomic mass is 127. The average Bonchev–Trinajstić information content (AvgIpc) is 2.71. The topological polar surface area (TPSA) is 110 Å². The molecule has 9 heteroatoms.